The van der Waals surface area contributed by atoms with E-state index in [0.717, 1.165) is 50.1 Å². The van der Waals surface area contributed by atoms with Crippen molar-refractivity contribution >= 4 is 5.82 Å². The topological polar surface area (TPSA) is 44.3 Å². The Labute approximate surface area is 116 Å². The molecule has 2 heterocycles. The summed E-state index contributed by atoms with van der Waals surface area (Å²) in [6.07, 6.45) is 0. The van der Waals surface area contributed by atoms with Crippen LogP contribution in [0.15, 0.2) is 6.07 Å². The van der Waals surface area contributed by atoms with Gasteiger partial charge in [0.1, 0.15) is 11.6 Å². The van der Waals surface area contributed by atoms with Crippen LogP contribution in [0, 0.1) is 6.92 Å². The molecule has 1 aliphatic heterocycles. The molecule has 106 valence electrons. The van der Waals surface area contributed by atoms with Crippen LogP contribution in [0.2, 0.25) is 0 Å². The Bertz CT molecular complexity index is 420. The Balaban J connectivity index is 2.02. The predicted octanol–water partition coefficient (Wildman–Crippen LogP) is 1.35. The fraction of sp³-hybridized carbons (Fsp3) is 0.714. The molecule has 1 unspecified atom stereocenters. The SMILES string of the molecule is CCNc1cc(C)nc(CN2CCN(C)C(C)C2)n1. The average Bonchev–Trinajstić information content (AvgIpc) is 2.33. The fourth-order valence-electron chi connectivity index (χ4n) is 2.44. The van der Waals surface area contributed by atoms with E-state index in [9.17, 15) is 0 Å². The van der Waals surface area contributed by atoms with Crippen molar-refractivity contribution in [2.75, 3.05) is 38.5 Å². The standard InChI is InChI=1S/C14H25N5/c1-5-15-13-8-11(2)16-14(17-13)10-19-7-6-18(4)12(3)9-19/h8,12H,5-7,9-10H2,1-4H3,(H,15,16,17). The van der Waals surface area contributed by atoms with Crippen LogP contribution in [-0.4, -0.2) is 59.0 Å². The van der Waals surface area contributed by atoms with E-state index in [-0.39, 0.29) is 0 Å². The molecule has 5 nitrogen and oxygen atoms in total. The van der Waals surface area contributed by atoms with E-state index in [1.165, 1.54) is 0 Å². The maximum absolute atomic E-state index is 4.58. The summed E-state index contributed by atoms with van der Waals surface area (Å²) in [6, 6.07) is 2.60. The van der Waals surface area contributed by atoms with Crippen molar-refractivity contribution in [1.29, 1.82) is 0 Å². The van der Waals surface area contributed by atoms with Gasteiger partial charge in [0.2, 0.25) is 0 Å². The number of hydrogen-bond donors (Lipinski definition) is 1. The average molecular weight is 263 g/mol. The third-order valence-electron chi connectivity index (χ3n) is 3.67. The van der Waals surface area contributed by atoms with Crippen LogP contribution in [0.25, 0.3) is 0 Å². The van der Waals surface area contributed by atoms with Crippen LogP contribution in [0.4, 0.5) is 5.82 Å². The van der Waals surface area contributed by atoms with Crippen molar-refractivity contribution < 1.29 is 0 Å². The maximum Gasteiger partial charge on any atom is 0.144 e. The molecule has 1 N–H and O–H groups in total. The molecule has 1 aromatic heterocycles. The van der Waals surface area contributed by atoms with Crippen molar-refractivity contribution in [3.05, 3.63) is 17.6 Å². The molecule has 0 saturated carbocycles. The Morgan fingerprint density at radius 2 is 2.16 bits per heavy atom. The van der Waals surface area contributed by atoms with Crippen molar-refractivity contribution in [2.24, 2.45) is 0 Å². The quantitative estimate of drug-likeness (QED) is 0.888. The smallest absolute Gasteiger partial charge is 0.144 e. The molecule has 0 aliphatic carbocycles. The summed E-state index contributed by atoms with van der Waals surface area (Å²) in [5.41, 5.74) is 1.03. The van der Waals surface area contributed by atoms with Gasteiger partial charge in [0.15, 0.2) is 0 Å². The lowest BCUT2D eigenvalue weighted by Gasteiger charge is -2.37. The summed E-state index contributed by atoms with van der Waals surface area (Å²) in [5, 5.41) is 3.26. The first-order valence-corrected chi connectivity index (χ1v) is 7.09. The van der Waals surface area contributed by atoms with Gasteiger partial charge >= 0.3 is 0 Å². The number of aryl methyl sites for hydroxylation is 1. The highest BCUT2D eigenvalue weighted by Crippen LogP contribution is 2.12. The third-order valence-corrected chi connectivity index (χ3v) is 3.67. The van der Waals surface area contributed by atoms with Crippen LogP contribution >= 0.6 is 0 Å². The van der Waals surface area contributed by atoms with E-state index >= 15 is 0 Å². The van der Waals surface area contributed by atoms with Gasteiger partial charge < -0.3 is 10.2 Å². The molecule has 1 saturated heterocycles. The highest BCUT2D eigenvalue weighted by atomic mass is 15.3. The first-order valence-electron chi connectivity index (χ1n) is 7.09. The van der Waals surface area contributed by atoms with Gasteiger partial charge in [-0.3, -0.25) is 4.90 Å². The Morgan fingerprint density at radius 3 is 2.84 bits per heavy atom. The number of likely N-dealkylation sites (N-methyl/N-ethyl adjacent to an activating group) is 1. The van der Waals surface area contributed by atoms with E-state index in [1.807, 2.05) is 13.0 Å². The second-order valence-corrected chi connectivity index (χ2v) is 5.41. The number of nitrogens with zero attached hydrogens (tertiary/aromatic N) is 4. The van der Waals surface area contributed by atoms with Gasteiger partial charge in [-0.2, -0.15) is 0 Å². The molecule has 1 aliphatic rings. The summed E-state index contributed by atoms with van der Waals surface area (Å²) >= 11 is 0. The van der Waals surface area contributed by atoms with Gasteiger partial charge in [-0.1, -0.05) is 0 Å². The molecule has 1 fully saturated rings. The number of rotatable bonds is 4. The molecule has 0 radical (unpaired) electrons. The molecule has 0 amide bonds. The highest BCUT2D eigenvalue weighted by molar-refractivity contribution is 5.35. The van der Waals surface area contributed by atoms with Gasteiger partial charge in [-0.05, 0) is 27.8 Å². The fourth-order valence-corrected chi connectivity index (χ4v) is 2.44. The molecule has 1 aromatic rings. The monoisotopic (exact) mass is 263 g/mol. The van der Waals surface area contributed by atoms with E-state index in [2.05, 4.69) is 46.0 Å². The lowest BCUT2D eigenvalue weighted by molar-refractivity contribution is 0.0980. The Morgan fingerprint density at radius 1 is 1.37 bits per heavy atom. The highest BCUT2D eigenvalue weighted by Gasteiger charge is 2.21. The zero-order valence-electron chi connectivity index (χ0n) is 12.5. The van der Waals surface area contributed by atoms with Gasteiger partial charge in [0.05, 0.1) is 6.54 Å². The molecule has 0 aromatic carbocycles. The molecule has 5 heteroatoms. The largest absolute Gasteiger partial charge is 0.370 e. The van der Waals surface area contributed by atoms with E-state index in [0.29, 0.717) is 6.04 Å². The summed E-state index contributed by atoms with van der Waals surface area (Å²) in [4.78, 5) is 14.0. The predicted molar refractivity (Wildman–Crippen MR) is 78.3 cm³/mol. The molecular formula is C14H25N5. The minimum absolute atomic E-state index is 0.604. The van der Waals surface area contributed by atoms with Gasteiger partial charge in [0.25, 0.3) is 0 Å². The second kappa shape index (κ2) is 6.30. The van der Waals surface area contributed by atoms with Crippen LogP contribution < -0.4 is 5.32 Å². The molecule has 0 bridgehead atoms. The first-order chi connectivity index (χ1) is 9.08. The summed E-state index contributed by atoms with van der Waals surface area (Å²) in [7, 11) is 2.19. The van der Waals surface area contributed by atoms with Crippen molar-refractivity contribution in [2.45, 2.75) is 33.4 Å². The lowest BCUT2D eigenvalue weighted by atomic mass is 10.2. The van der Waals surface area contributed by atoms with Crippen molar-refractivity contribution in [3.8, 4) is 0 Å². The number of nitrogens with one attached hydrogen (secondary N) is 1. The van der Waals surface area contributed by atoms with E-state index < -0.39 is 0 Å². The van der Waals surface area contributed by atoms with E-state index in [1.54, 1.807) is 0 Å². The van der Waals surface area contributed by atoms with Crippen LogP contribution in [0.5, 0.6) is 0 Å². The van der Waals surface area contributed by atoms with Gasteiger partial charge in [0, 0.05) is 44.0 Å². The van der Waals surface area contributed by atoms with E-state index in [4.69, 9.17) is 0 Å². The minimum atomic E-state index is 0.604. The normalized spacial score (nSPS) is 21.6. The van der Waals surface area contributed by atoms with Gasteiger partial charge in [-0.25, -0.2) is 9.97 Å². The summed E-state index contributed by atoms with van der Waals surface area (Å²) < 4.78 is 0. The molecule has 0 spiro atoms. The number of aromatic nitrogens is 2. The van der Waals surface area contributed by atoms with Crippen molar-refractivity contribution in [3.63, 3.8) is 0 Å². The lowest BCUT2D eigenvalue weighted by Crippen LogP contribution is -2.49. The molecule has 2 rings (SSSR count). The second-order valence-electron chi connectivity index (χ2n) is 5.41. The molecule has 19 heavy (non-hydrogen) atoms. The molecule has 1 atom stereocenters. The number of hydrogen-bond acceptors (Lipinski definition) is 5. The first kappa shape index (κ1) is 14.2. The maximum atomic E-state index is 4.58. The van der Waals surface area contributed by atoms with Crippen LogP contribution in [0.1, 0.15) is 25.4 Å². The third kappa shape index (κ3) is 3.88. The Hall–Kier alpha value is -1.20. The van der Waals surface area contributed by atoms with Gasteiger partial charge in [-0.15, -0.1) is 0 Å². The zero-order chi connectivity index (χ0) is 13.8. The summed E-state index contributed by atoms with van der Waals surface area (Å²) in [6.45, 7) is 11.4. The Kier molecular flexibility index (Phi) is 4.71. The molecular weight excluding hydrogens is 238 g/mol. The summed E-state index contributed by atoms with van der Waals surface area (Å²) in [5.74, 6) is 1.86. The van der Waals surface area contributed by atoms with Crippen molar-refractivity contribution in [1.82, 2.24) is 19.8 Å². The van der Waals surface area contributed by atoms with Crippen LogP contribution in [0.3, 0.4) is 0 Å². The number of piperazine rings is 1. The van der Waals surface area contributed by atoms with Crippen LogP contribution in [-0.2, 0) is 6.54 Å². The number of anilines is 1. The zero-order valence-corrected chi connectivity index (χ0v) is 12.5. The minimum Gasteiger partial charge on any atom is -0.370 e.